The maximum Gasteiger partial charge on any atom is 0.316 e. The molecule has 1 aromatic heterocycles. The Morgan fingerprint density at radius 2 is 2.00 bits per heavy atom. The molecule has 1 aliphatic heterocycles. The zero-order chi connectivity index (χ0) is 11.4. The van der Waals surface area contributed by atoms with Crippen molar-refractivity contribution in [2.24, 2.45) is 5.73 Å². The Balaban J connectivity index is 2.12. The molecule has 0 saturated carbocycles. The Morgan fingerprint density at radius 1 is 1.38 bits per heavy atom. The Kier molecular flexibility index (Phi) is 3.69. The van der Waals surface area contributed by atoms with Crippen LogP contribution in [0.4, 0.5) is 0 Å². The van der Waals surface area contributed by atoms with Gasteiger partial charge in [-0.15, -0.1) is 0 Å². The lowest BCUT2D eigenvalue weighted by molar-refractivity contribution is 0.250. The van der Waals surface area contributed by atoms with Gasteiger partial charge in [0, 0.05) is 24.5 Å². The minimum atomic E-state index is 0.244. The van der Waals surface area contributed by atoms with Crippen molar-refractivity contribution in [1.82, 2.24) is 14.9 Å². The zero-order valence-corrected chi connectivity index (χ0v) is 9.59. The van der Waals surface area contributed by atoms with Crippen molar-refractivity contribution in [1.29, 1.82) is 0 Å². The van der Waals surface area contributed by atoms with Gasteiger partial charge in [-0.05, 0) is 25.9 Å². The van der Waals surface area contributed by atoms with Crippen molar-refractivity contribution in [2.75, 3.05) is 26.7 Å². The number of likely N-dealkylation sites (tertiary alicyclic amines) is 1. The van der Waals surface area contributed by atoms with Gasteiger partial charge in [0.1, 0.15) is 0 Å². The van der Waals surface area contributed by atoms with Crippen LogP contribution in [0.1, 0.15) is 24.4 Å². The zero-order valence-electron chi connectivity index (χ0n) is 9.59. The number of rotatable bonds is 4. The normalized spacial score (nSPS) is 18.6. The van der Waals surface area contributed by atoms with Crippen LogP contribution in [0.5, 0.6) is 6.01 Å². The van der Waals surface area contributed by atoms with Crippen molar-refractivity contribution in [2.45, 2.75) is 18.9 Å². The van der Waals surface area contributed by atoms with E-state index < -0.39 is 0 Å². The number of methoxy groups -OCH3 is 1. The van der Waals surface area contributed by atoms with E-state index in [4.69, 9.17) is 10.5 Å². The van der Waals surface area contributed by atoms with E-state index in [-0.39, 0.29) is 6.04 Å². The van der Waals surface area contributed by atoms with Gasteiger partial charge < -0.3 is 10.5 Å². The molecule has 88 valence electrons. The molecule has 5 heteroatoms. The van der Waals surface area contributed by atoms with Crippen LogP contribution in [0.15, 0.2) is 12.4 Å². The largest absolute Gasteiger partial charge is 0.467 e. The Hall–Kier alpha value is -1.20. The molecule has 1 aliphatic rings. The van der Waals surface area contributed by atoms with Gasteiger partial charge in [-0.3, -0.25) is 4.90 Å². The third-order valence-electron chi connectivity index (χ3n) is 3.02. The fraction of sp³-hybridized carbons (Fsp3) is 0.636. The minimum Gasteiger partial charge on any atom is -0.467 e. The first-order valence-corrected chi connectivity index (χ1v) is 5.65. The predicted octanol–water partition coefficient (Wildman–Crippen LogP) is 0.581. The summed E-state index contributed by atoms with van der Waals surface area (Å²) in [5, 5.41) is 0. The average molecular weight is 222 g/mol. The highest BCUT2D eigenvalue weighted by Gasteiger charge is 2.22. The first-order valence-electron chi connectivity index (χ1n) is 5.65. The lowest BCUT2D eigenvalue weighted by Gasteiger charge is -2.25. The molecule has 16 heavy (non-hydrogen) atoms. The van der Waals surface area contributed by atoms with Gasteiger partial charge in [0.05, 0.1) is 13.2 Å². The number of hydrogen-bond donors (Lipinski definition) is 1. The highest BCUT2D eigenvalue weighted by molar-refractivity contribution is 5.13. The summed E-state index contributed by atoms with van der Waals surface area (Å²) in [7, 11) is 1.57. The number of hydrogen-bond acceptors (Lipinski definition) is 5. The van der Waals surface area contributed by atoms with Crippen LogP contribution in [-0.4, -0.2) is 41.6 Å². The first-order chi connectivity index (χ1) is 7.85. The summed E-state index contributed by atoms with van der Waals surface area (Å²) in [4.78, 5) is 10.6. The summed E-state index contributed by atoms with van der Waals surface area (Å²) < 4.78 is 4.94. The van der Waals surface area contributed by atoms with Crippen molar-refractivity contribution >= 4 is 0 Å². The molecule has 5 nitrogen and oxygen atoms in total. The molecule has 2 heterocycles. The number of nitrogens with two attached hydrogens (primary N) is 1. The molecule has 1 fully saturated rings. The quantitative estimate of drug-likeness (QED) is 0.807. The van der Waals surface area contributed by atoms with Gasteiger partial charge in [-0.25, -0.2) is 9.97 Å². The Labute approximate surface area is 95.6 Å². The second kappa shape index (κ2) is 5.23. The molecule has 0 aliphatic carbocycles. The molecular formula is C11H18N4O. The third kappa shape index (κ3) is 2.31. The molecule has 1 unspecified atom stereocenters. The molecule has 0 aromatic carbocycles. The molecule has 1 atom stereocenters. The highest BCUT2D eigenvalue weighted by atomic mass is 16.5. The molecule has 1 aromatic rings. The number of aromatic nitrogens is 2. The van der Waals surface area contributed by atoms with Crippen molar-refractivity contribution in [3.8, 4) is 6.01 Å². The SMILES string of the molecule is COc1ncc(C(CN)N2CCCC2)cn1. The average Bonchev–Trinajstić information content (AvgIpc) is 2.85. The molecular weight excluding hydrogens is 204 g/mol. The topological polar surface area (TPSA) is 64.3 Å². The summed E-state index contributed by atoms with van der Waals surface area (Å²) >= 11 is 0. The van der Waals surface area contributed by atoms with E-state index in [2.05, 4.69) is 14.9 Å². The molecule has 0 amide bonds. The second-order valence-electron chi connectivity index (χ2n) is 4.00. The van der Waals surface area contributed by atoms with Gasteiger partial charge in [0.25, 0.3) is 0 Å². The third-order valence-corrected chi connectivity index (χ3v) is 3.02. The second-order valence-corrected chi connectivity index (χ2v) is 4.00. The molecule has 0 spiro atoms. The van der Waals surface area contributed by atoms with Crippen LogP contribution < -0.4 is 10.5 Å². The molecule has 2 rings (SSSR count). The minimum absolute atomic E-state index is 0.244. The lowest BCUT2D eigenvalue weighted by atomic mass is 10.1. The standard InChI is InChI=1S/C11H18N4O/c1-16-11-13-7-9(8-14-11)10(6-12)15-4-2-3-5-15/h7-8,10H,2-6,12H2,1H3. The van der Waals surface area contributed by atoms with E-state index in [1.807, 2.05) is 12.4 Å². The maximum absolute atomic E-state index is 5.83. The predicted molar refractivity (Wildman–Crippen MR) is 61.2 cm³/mol. The Morgan fingerprint density at radius 3 is 2.50 bits per heavy atom. The molecule has 1 saturated heterocycles. The van der Waals surface area contributed by atoms with Crippen LogP contribution in [0.3, 0.4) is 0 Å². The summed E-state index contributed by atoms with van der Waals surface area (Å²) in [5.41, 5.74) is 6.90. The van der Waals surface area contributed by atoms with Crippen LogP contribution in [0.25, 0.3) is 0 Å². The summed E-state index contributed by atoms with van der Waals surface area (Å²) in [6, 6.07) is 0.648. The van der Waals surface area contributed by atoms with Crippen molar-refractivity contribution in [3.05, 3.63) is 18.0 Å². The highest BCUT2D eigenvalue weighted by Crippen LogP contribution is 2.23. The summed E-state index contributed by atoms with van der Waals surface area (Å²) in [5.74, 6) is 0. The maximum atomic E-state index is 5.83. The lowest BCUT2D eigenvalue weighted by Crippen LogP contribution is -2.31. The summed E-state index contributed by atoms with van der Waals surface area (Å²) in [6.45, 7) is 2.84. The van der Waals surface area contributed by atoms with E-state index in [9.17, 15) is 0 Å². The van der Waals surface area contributed by atoms with Gasteiger partial charge in [-0.2, -0.15) is 0 Å². The van der Waals surface area contributed by atoms with Crippen molar-refractivity contribution < 1.29 is 4.74 Å². The number of ether oxygens (including phenoxy) is 1. The van der Waals surface area contributed by atoms with Gasteiger partial charge in [-0.1, -0.05) is 0 Å². The van der Waals surface area contributed by atoms with Crippen LogP contribution >= 0.6 is 0 Å². The first kappa shape index (κ1) is 11.3. The molecule has 0 bridgehead atoms. The summed E-state index contributed by atoms with van der Waals surface area (Å²) in [6.07, 6.45) is 6.13. The van der Waals surface area contributed by atoms with E-state index in [0.717, 1.165) is 18.7 Å². The van der Waals surface area contributed by atoms with E-state index in [0.29, 0.717) is 12.6 Å². The van der Waals surface area contributed by atoms with E-state index >= 15 is 0 Å². The van der Waals surface area contributed by atoms with Crippen molar-refractivity contribution in [3.63, 3.8) is 0 Å². The monoisotopic (exact) mass is 222 g/mol. The smallest absolute Gasteiger partial charge is 0.316 e. The van der Waals surface area contributed by atoms with Gasteiger partial charge >= 0.3 is 6.01 Å². The fourth-order valence-corrected chi connectivity index (χ4v) is 2.15. The van der Waals surface area contributed by atoms with Crippen LogP contribution in [-0.2, 0) is 0 Å². The molecule has 2 N–H and O–H groups in total. The van der Waals surface area contributed by atoms with E-state index in [1.54, 1.807) is 7.11 Å². The fourth-order valence-electron chi connectivity index (χ4n) is 2.15. The Bertz CT molecular complexity index is 321. The van der Waals surface area contributed by atoms with Crippen LogP contribution in [0, 0.1) is 0 Å². The van der Waals surface area contributed by atoms with Gasteiger partial charge in [0.2, 0.25) is 0 Å². The van der Waals surface area contributed by atoms with Gasteiger partial charge in [0.15, 0.2) is 0 Å². The number of nitrogens with zero attached hydrogens (tertiary/aromatic N) is 3. The molecule has 0 radical (unpaired) electrons. The van der Waals surface area contributed by atoms with Crippen LogP contribution in [0.2, 0.25) is 0 Å². The van der Waals surface area contributed by atoms with E-state index in [1.165, 1.54) is 12.8 Å².